The molecule has 0 atom stereocenters. The van der Waals surface area contributed by atoms with Gasteiger partial charge in [0.2, 0.25) is 0 Å². The van der Waals surface area contributed by atoms with E-state index in [1.165, 1.54) is 16.8 Å². The van der Waals surface area contributed by atoms with E-state index in [4.69, 9.17) is 9.73 Å². The molecule has 0 radical (unpaired) electrons. The van der Waals surface area contributed by atoms with Crippen LogP contribution >= 0.6 is 0 Å². The molecule has 0 aromatic heterocycles. The molecule has 1 aliphatic heterocycles. The maximum absolute atomic E-state index is 5.23. The van der Waals surface area contributed by atoms with Gasteiger partial charge in [-0.05, 0) is 31.0 Å². The molecule has 0 unspecified atom stereocenters. The molecule has 0 spiro atoms. The molecule has 1 heterocycles. The summed E-state index contributed by atoms with van der Waals surface area (Å²) in [7, 11) is 1.74. The van der Waals surface area contributed by atoms with Crippen molar-refractivity contribution >= 4 is 11.5 Å². The predicted octanol–water partition coefficient (Wildman–Crippen LogP) is 3.43. The zero-order valence-corrected chi connectivity index (χ0v) is 14.7. The molecule has 0 fully saturated rings. The molecule has 24 heavy (non-hydrogen) atoms. The highest BCUT2D eigenvalue weighted by molar-refractivity contribution is 6.10. The number of ether oxygens (including phenoxy) is 1. The average Bonchev–Trinajstić information content (AvgIpc) is 2.62. The molecular weight excluding hydrogens is 298 g/mol. The number of aryl methyl sites for hydroxylation is 2. The van der Waals surface area contributed by atoms with Crippen LogP contribution < -0.4 is 4.90 Å². The van der Waals surface area contributed by atoms with E-state index in [2.05, 4.69) is 66.1 Å². The van der Waals surface area contributed by atoms with Crippen molar-refractivity contribution < 1.29 is 4.74 Å². The Morgan fingerprint density at radius 3 is 2.62 bits per heavy atom. The van der Waals surface area contributed by atoms with Crippen LogP contribution in [0, 0.1) is 13.8 Å². The van der Waals surface area contributed by atoms with Crippen molar-refractivity contribution in [2.45, 2.75) is 13.8 Å². The molecular formula is C20H25N3O. The number of nitrogens with zero attached hydrogens (tertiary/aromatic N) is 3. The second-order valence-corrected chi connectivity index (χ2v) is 6.24. The normalized spacial score (nSPS) is 15.5. The Labute approximate surface area is 144 Å². The Morgan fingerprint density at radius 1 is 1.08 bits per heavy atom. The second-order valence-electron chi connectivity index (χ2n) is 6.24. The number of methoxy groups -OCH3 is 1. The molecule has 0 saturated heterocycles. The number of anilines is 1. The van der Waals surface area contributed by atoms with Crippen LogP contribution in [0.1, 0.15) is 16.7 Å². The van der Waals surface area contributed by atoms with Crippen molar-refractivity contribution in [2.75, 3.05) is 38.5 Å². The minimum absolute atomic E-state index is 0.703. The first-order chi connectivity index (χ1) is 11.7. The molecule has 0 bridgehead atoms. The van der Waals surface area contributed by atoms with Gasteiger partial charge in [0.05, 0.1) is 19.9 Å². The number of hydrogen-bond donors (Lipinski definition) is 0. The molecule has 4 nitrogen and oxygen atoms in total. The van der Waals surface area contributed by atoms with Crippen molar-refractivity contribution in [3.63, 3.8) is 0 Å². The van der Waals surface area contributed by atoms with Crippen molar-refractivity contribution in [3.05, 3.63) is 65.2 Å². The Morgan fingerprint density at radius 2 is 1.88 bits per heavy atom. The lowest BCUT2D eigenvalue weighted by molar-refractivity contribution is 0.149. The van der Waals surface area contributed by atoms with Gasteiger partial charge in [-0.15, -0.1) is 0 Å². The van der Waals surface area contributed by atoms with E-state index < -0.39 is 0 Å². The molecule has 0 amide bonds. The van der Waals surface area contributed by atoms with Crippen LogP contribution in [0.25, 0.3) is 0 Å². The lowest BCUT2D eigenvalue weighted by Gasteiger charge is -2.37. The molecule has 4 heteroatoms. The van der Waals surface area contributed by atoms with Crippen LogP contribution in [0.5, 0.6) is 0 Å². The number of rotatable bonds is 5. The summed E-state index contributed by atoms with van der Waals surface area (Å²) >= 11 is 0. The van der Waals surface area contributed by atoms with Crippen LogP contribution in [0.15, 0.2) is 53.5 Å². The molecule has 126 valence electrons. The van der Waals surface area contributed by atoms with Crippen molar-refractivity contribution in [2.24, 2.45) is 4.99 Å². The average molecular weight is 323 g/mol. The quantitative estimate of drug-likeness (QED) is 0.844. The van der Waals surface area contributed by atoms with Gasteiger partial charge in [-0.3, -0.25) is 9.89 Å². The molecule has 0 saturated carbocycles. The number of amidine groups is 1. The number of benzene rings is 2. The van der Waals surface area contributed by atoms with Gasteiger partial charge < -0.3 is 9.64 Å². The molecule has 3 rings (SSSR count). The van der Waals surface area contributed by atoms with Crippen LogP contribution in [-0.2, 0) is 4.74 Å². The predicted molar refractivity (Wildman–Crippen MR) is 99.7 cm³/mol. The third kappa shape index (κ3) is 3.66. The monoisotopic (exact) mass is 323 g/mol. The summed E-state index contributed by atoms with van der Waals surface area (Å²) in [5, 5.41) is 0. The van der Waals surface area contributed by atoms with Crippen LogP contribution in [-0.4, -0.2) is 44.3 Å². The van der Waals surface area contributed by atoms with Crippen LogP contribution in [0.2, 0.25) is 0 Å². The van der Waals surface area contributed by atoms with Crippen LogP contribution in [0.3, 0.4) is 0 Å². The topological polar surface area (TPSA) is 28.1 Å². The summed E-state index contributed by atoms with van der Waals surface area (Å²) in [5.74, 6) is 1.04. The fraction of sp³-hybridized carbons (Fsp3) is 0.350. The zero-order chi connectivity index (χ0) is 16.9. The third-order valence-corrected chi connectivity index (χ3v) is 4.32. The molecule has 0 N–H and O–H groups in total. The summed E-state index contributed by atoms with van der Waals surface area (Å²) in [5.41, 5.74) is 4.90. The smallest absolute Gasteiger partial charge is 0.137 e. The lowest BCUT2D eigenvalue weighted by atomic mass is 10.1. The highest BCUT2D eigenvalue weighted by Gasteiger charge is 2.24. The highest BCUT2D eigenvalue weighted by atomic mass is 16.5. The Hall–Kier alpha value is -2.17. The van der Waals surface area contributed by atoms with Gasteiger partial charge in [0.15, 0.2) is 0 Å². The molecule has 2 aromatic rings. The third-order valence-electron chi connectivity index (χ3n) is 4.32. The van der Waals surface area contributed by atoms with E-state index in [1.807, 2.05) is 6.07 Å². The first kappa shape index (κ1) is 16.7. The fourth-order valence-corrected chi connectivity index (χ4v) is 2.96. The fourth-order valence-electron chi connectivity index (χ4n) is 2.96. The summed E-state index contributed by atoms with van der Waals surface area (Å²) in [6, 6.07) is 17.0. The summed E-state index contributed by atoms with van der Waals surface area (Å²) < 4.78 is 5.23. The van der Waals surface area contributed by atoms with E-state index in [1.54, 1.807) is 7.11 Å². The standard InChI is InChI=1S/C20H25N3O/c1-16-9-10-17(2)19(13-16)23-15-22(11-12-24-3)14-21-20(23)18-7-5-4-6-8-18/h4-10,13H,11-12,14-15H2,1-3H3. The SMILES string of the molecule is COCCN1CN=C(c2ccccc2)N(c2cc(C)ccc2C)C1. The van der Waals surface area contributed by atoms with E-state index >= 15 is 0 Å². The summed E-state index contributed by atoms with van der Waals surface area (Å²) in [6.07, 6.45) is 0. The number of hydrogen-bond acceptors (Lipinski definition) is 4. The van der Waals surface area contributed by atoms with Gasteiger partial charge in [0, 0.05) is 24.9 Å². The molecule has 0 aliphatic carbocycles. The van der Waals surface area contributed by atoms with Gasteiger partial charge in [-0.25, -0.2) is 0 Å². The van der Waals surface area contributed by atoms with Gasteiger partial charge in [-0.1, -0.05) is 42.5 Å². The van der Waals surface area contributed by atoms with E-state index in [-0.39, 0.29) is 0 Å². The second kappa shape index (κ2) is 7.60. The Balaban J connectivity index is 1.98. The summed E-state index contributed by atoms with van der Waals surface area (Å²) in [6.45, 7) is 7.41. The summed E-state index contributed by atoms with van der Waals surface area (Å²) in [4.78, 5) is 9.50. The van der Waals surface area contributed by atoms with Gasteiger partial charge in [0.25, 0.3) is 0 Å². The first-order valence-electron chi connectivity index (χ1n) is 8.35. The van der Waals surface area contributed by atoms with Gasteiger partial charge in [-0.2, -0.15) is 0 Å². The van der Waals surface area contributed by atoms with E-state index in [0.29, 0.717) is 6.67 Å². The largest absolute Gasteiger partial charge is 0.383 e. The lowest BCUT2D eigenvalue weighted by Crippen LogP contribution is -2.48. The van der Waals surface area contributed by atoms with Crippen molar-refractivity contribution in [1.29, 1.82) is 0 Å². The highest BCUT2D eigenvalue weighted by Crippen LogP contribution is 2.26. The minimum atomic E-state index is 0.703. The molecule has 1 aliphatic rings. The van der Waals surface area contributed by atoms with E-state index in [0.717, 1.165) is 31.2 Å². The van der Waals surface area contributed by atoms with Crippen LogP contribution in [0.4, 0.5) is 5.69 Å². The molecule has 2 aromatic carbocycles. The van der Waals surface area contributed by atoms with E-state index in [9.17, 15) is 0 Å². The maximum Gasteiger partial charge on any atom is 0.137 e. The Kier molecular flexibility index (Phi) is 5.28. The first-order valence-corrected chi connectivity index (χ1v) is 8.35. The zero-order valence-electron chi connectivity index (χ0n) is 14.7. The minimum Gasteiger partial charge on any atom is -0.383 e. The van der Waals surface area contributed by atoms with Crippen molar-refractivity contribution in [3.8, 4) is 0 Å². The maximum atomic E-state index is 5.23. The van der Waals surface area contributed by atoms with Gasteiger partial charge >= 0.3 is 0 Å². The van der Waals surface area contributed by atoms with Crippen molar-refractivity contribution in [1.82, 2.24) is 4.90 Å². The Bertz CT molecular complexity index is 712. The number of aliphatic imine (C=N–C) groups is 1. The van der Waals surface area contributed by atoms with Gasteiger partial charge in [0.1, 0.15) is 5.84 Å².